The maximum absolute atomic E-state index is 13.3. The fourth-order valence-electron chi connectivity index (χ4n) is 3.10. The first-order chi connectivity index (χ1) is 16.3. The number of nitrogens with zero attached hydrogens (tertiary/aromatic N) is 4. The van der Waals surface area contributed by atoms with Gasteiger partial charge in [-0.05, 0) is 64.8 Å². The van der Waals surface area contributed by atoms with E-state index in [0.29, 0.717) is 26.0 Å². The summed E-state index contributed by atoms with van der Waals surface area (Å²) in [5.74, 6) is -0.322. The second-order valence-corrected chi connectivity index (χ2v) is 8.62. The molecule has 0 unspecified atom stereocenters. The number of carbonyl (C=O) groups excluding carboxylic acids is 2. The summed E-state index contributed by atoms with van der Waals surface area (Å²) in [6.45, 7) is 1.73. The molecule has 3 aromatic heterocycles. The van der Waals surface area contributed by atoms with Crippen molar-refractivity contribution in [3.63, 3.8) is 0 Å². The van der Waals surface area contributed by atoms with Gasteiger partial charge in [-0.2, -0.15) is 5.10 Å². The van der Waals surface area contributed by atoms with E-state index in [1.165, 1.54) is 16.8 Å². The molecule has 4 rings (SSSR count). The molecule has 12 heteroatoms. The smallest absolute Gasteiger partial charge is 0.274 e. The lowest BCUT2D eigenvalue weighted by molar-refractivity contribution is 0.0963. The minimum Gasteiger partial charge on any atom is -0.320 e. The maximum atomic E-state index is 13.3. The zero-order valence-electron chi connectivity index (χ0n) is 17.5. The number of hydrogen-bond donors (Lipinski definition) is 3. The van der Waals surface area contributed by atoms with Crippen molar-refractivity contribution in [3.8, 4) is 5.82 Å². The van der Waals surface area contributed by atoms with Gasteiger partial charge in [0.1, 0.15) is 16.1 Å². The number of amides is 2. The van der Waals surface area contributed by atoms with Gasteiger partial charge in [0.2, 0.25) is 0 Å². The van der Waals surface area contributed by atoms with Crippen LogP contribution in [0.3, 0.4) is 0 Å². The third kappa shape index (κ3) is 5.19. The van der Waals surface area contributed by atoms with Gasteiger partial charge in [0.25, 0.3) is 11.8 Å². The van der Waals surface area contributed by atoms with Crippen LogP contribution in [0.5, 0.6) is 0 Å². The first-order valence-corrected chi connectivity index (χ1v) is 11.3. The van der Waals surface area contributed by atoms with Gasteiger partial charge in [0.05, 0.1) is 16.3 Å². The summed E-state index contributed by atoms with van der Waals surface area (Å²) in [6, 6.07) is 13.1. The summed E-state index contributed by atoms with van der Waals surface area (Å²) in [5.41, 5.74) is 6.46. The summed E-state index contributed by atoms with van der Waals surface area (Å²) in [6.07, 6.45) is 3.12. The van der Waals surface area contributed by atoms with Gasteiger partial charge in [-0.3, -0.25) is 20.4 Å². The van der Waals surface area contributed by atoms with Crippen molar-refractivity contribution in [3.05, 3.63) is 92.4 Å². The van der Waals surface area contributed by atoms with Crippen LogP contribution in [-0.4, -0.2) is 31.6 Å². The summed E-state index contributed by atoms with van der Waals surface area (Å²) < 4.78 is 1.72. The third-order valence-corrected chi connectivity index (χ3v) is 5.51. The van der Waals surface area contributed by atoms with E-state index in [1.807, 2.05) is 0 Å². The van der Waals surface area contributed by atoms with Crippen molar-refractivity contribution in [2.45, 2.75) is 6.92 Å². The molecule has 0 fully saturated rings. The molecule has 0 spiro atoms. The quantitative estimate of drug-likeness (QED) is 0.284. The number of aryl methyl sites for hydroxylation is 1. The van der Waals surface area contributed by atoms with E-state index in [0.717, 1.165) is 0 Å². The fourth-order valence-corrected chi connectivity index (χ4v) is 3.95. The number of carbonyl (C=O) groups is 2. The standard InChI is InChI=1S/C22H16BrCl2N7O2/c1-12-9-13(24)10-14(21(33)30-29-18-6-2-3-7-26-18)19(12)28-22(34)16-11-17(23)31-32(16)20-15(25)5-4-8-27-20/h2-11H,1H3,(H,26,29)(H,28,34)(H,30,33). The average molecular weight is 561 g/mol. The molecule has 9 nitrogen and oxygen atoms in total. The second kappa shape index (κ2) is 10.2. The molecular weight excluding hydrogens is 545 g/mol. The highest BCUT2D eigenvalue weighted by atomic mass is 79.9. The molecule has 0 aliphatic rings. The van der Waals surface area contributed by atoms with Gasteiger partial charge in [-0.15, -0.1) is 0 Å². The van der Waals surface area contributed by atoms with Crippen molar-refractivity contribution < 1.29 is 9.59 Å². The Balaban J connectivity index is 1.64. The highest BCUT2D eigenvalue weighted by Crippen LogP contribution is 2.27. The van der Waals surface area contributed by atoms with Crippen molar-refractivity contribution in [1.82, 2.24) is 25.2 Å². The normalized spacial score (nSPS) is 10.6. The maximum Gasteiger partial charge on any atom is 0.274 e. The molecule has 4 aromatic rings. The number of halogens is 3. The van der Waals surface area contributed by atoms with E-state index in [1.54, 1.807) is 55.7 Å². The lowest BCUT2D eigenvalue weighted by atomic mass is 10.1. The zero-order chi connectivity index (χ0) is 24.2. The van der Waals surface area contributed by atoms with Crippen LogP contribution in [0.15, 0.2) is 65.5 Å². The molecule has 172 valence electrons. The molecule has 3 heterocycles. The first-order valence-electron chi connectivity index (χ1n) is 9.79. The SMILES string of the molecule is Cc1cc(Cl)cc(C(=O)NNc2ccccn2)c1NC(=O)c1cc(Br)nn1-c1ncccc1Cl. The Kier molecular flexibility index (Phi) is 7.11. The van der Waals surface area contributed by atoms with Gasteiger partial charge in [-0.25, -0.2) is 14.6 Å². The lowest BCUT2D eigenvalue weighted by Gasteiger charge is -2.16. The predicted octanol–water partition coefficient (Wildman–Crippen LogP) is 5.05. The molecule has 1 aromatic carbocycles. The topological polar surface area (TPSA) is 114 Å². The van der Waals surface area contributed by atoms with Crippen LogP contribution in [0.1, 0.15) is 26.4 Å². The molecule has 0 saturated heterocycles. The Labute approximate surface area is 212 Å². The molecule has 0 atom stereocenters. The van der Waals surface area contributed by atoms with E-state index in [9.17, 15) is 9.59 Å². The molecule has 2 amide bonds. The molecule has 0 radical (unpaired) electrons. The lowest BCUT2D eigenvalue weighted by Crippen LogP contribution is -2.31. The average Bonchev–Trinajstić information content (AvgIpc) is 3.21. The minimum absolute atomic E-state index is 0.153. The molecule has 0 bridgehead atoms. The van der Waals surface area contributed by atoms with E-state index in [-0.39, 0.29) is 22.8 Å². The van der Waals surface area contributed by atoms with Gasteiger partial charge < -0.3 is 5.32 Å². The summed E-state index contributed by atoms with van der Waals surface area (Å²) >= 11 is 15.7. The van der Waals surface area contributed by atoms with Crippen LogP contribution >= 0.6 is 39.1 Å². The van der Waals surface area contributed by atoms with Gasteiger partial charge in [-0.1, -0.05) is 29.3 Å². The number of pyridine rings is 2. The van der Waals surface area contributed by atoms with Gasteiger partial charge in [0, 0.05) is 23.5 Å². The van der Waals surface area contributed by atoms with E-state index < -0.39 is 11.8 Å². The number of rotatable bonds is 6. The molecular formula is C22H16BrCl2N7O2. The van der Waals surface area contributed by atoms with Crippen molar-refractivity contribution in [2.24, 2.45) is 0 Å². The molecule has 0 aliphatic carbocycles. The van der Waals surface area contributed by atoms with E-state index >= 15 is 0 Å². The third-order valence-electron chi connectivity index (χ3n) is 4.60. The van der Waals surface area contributed by atoms with Crippen molar-refractivity contribution >= 4 is 62.5 Å². The summed E-state index contributed by atoms with van der Waals surface area (Å²) in [5, 5.41) is 7.71. The first kappa shape index (κ1) is 23.7. The predicted molar refractivity (Wildman–Crippen MR) is 134 cm³/mol. The Morgan fingerprint density at radius 1 is 1.00 bits per heavy atom. The summed E-state index contributed by atoms with van der Waals surface area (Å²) in [7, 11) is 0. The zero-order valence-corrected chi connectivity index (χ0v) is 20.6. The van der Waals surface area contributed by atoms with Crippen LogP contribution in [0, 0.1) is 6.92 Å². The number of hydrazine groups is 1. The minimum atomic E-state index is -0.530. The molecule has 34 heavy (non-hydrogen) atoms. The van der Waals surface area contributed by atoms with Crippen LogP contribution < -0.4 is 16.2 Å². The number of aromatic nitrogens is 4. The molecule has 3 N–H and O–H groups in total. The summed E-state index contributed by atoms with van der Waals surface area (Å²) in [4.78, 5) is 34.5. The Morgan fingerprint density at radius 2 is 1.79 bits per heavy atom. The molecule has 0 saturated carbocycles. The van der Waals surface area contributed by atoms with E-state index in [2.05, 4.69) is 47.2 Å². The number of anilines is 2. The van der Waals surface area contributed by atoms with Crippen LogP contribution in [0.2, 0.25) is 10.0 Å². The monoisotopic (exact) mass is 559 g/mol. The van der Waals surface area contributed by atoms with Gasteiger partial charge in [0.15, 0.2) is 5.82 Å². The number of hydrogen-bond acceptors (Lipinski definition) is 6. The van der Waals surface area contributed by atoms with Gasteiger partial charge >= 0.3 is 0 Å². The van der Waals surface area contributed by atoms with Crippen molar-refractivity contribution in [1.29, 1.82) is 0 Å². The number of nitrogens with one attached hydrogen (secondary N) is 3. The Bertz CT molecular complexity index is 1380. The highest BCUT2D eigenvalue weighted by molar-refractivity contribution is 9.10. The Hall–Kier alpha value is -3.47. The molecule has 0 aliphatic heterocycles. The van der Waals surface area contributed by atoms with Crippen LogP contribution in [-0.2, 0) is 0 Å². The fraction of sp³-hybridized carbons (Fsp3) is 0.0455. The highest BCUT2D eigenvalue weighted by Gasteiger charge is 2.22. The number of benzene rings is 1. The van der Waals surface area contributed by atoms with Crippen LogP contribution in [0.25, 0.3) is 5.82 Å². The van der Waals surface area contributed by atoms with Crippen molar-refractivity contribution in [2.75, 3.05) is 10.7 Å². The van der Waals surface area contributed by atoms with E-state index in [4.69, 9.17) is 23.2 Å². The second-order valence-electron chi connectivity index (χ2n) is 6.97. The largest absolute Gasteiger partial charge is 0.320 e. The van der Waals surface area contributed by atoms with Crippen LogP contribution in [0.4, 0.5) is 11.5 Å². The Morgan fingerprint density at radius 3 is 2.53 bits per heavy atom.